The summed E-state index contributed by atoms with van der Waals surface area (Å²) in [5.41, 5.74) is 3.21. The van der Waals surface area contributed by atoms with Crippen LogP contribution in [-0.4, -0.2) is 29.9 Å². The van der Waals surface area contributed by atoms with Crippen LogP contribution in [0.15, 0.2) is 54.2 Å². The van der Waals surface area contributed by atoms with Crippen molar-refractivity contribution in [2.75, 3.05) is 12.4 Å². The summed E-state index contributed by atoms with van der Waals surface area (Å²) in [6.07, 6.45) is 0. The second-order valence-corrected chi connectivity index (χ2v) is 6.55. The van der Waals surface area contributed by atoms with Crippen molar-refractivity contribution in [2.24, 2.45) is 0 Å². The fourth-order valence-corrected chi connectivity index (χ4v) is 3.02. The molecule has 3 rings (SSSR count). The molecule has 1 aliphatic rings. The Morgan fingerprint density at radius 3 is 2.27 bits per heavy atom. The molecule has 1 heterocycles. The van der Waals surface area contributed by atoms with E-state index in [-0.39, 0.29) is 17.9 Å². The van der Waals surface area contributed by atoms with Crippen LogP contribution >= 0.6 is 0 Å². The number of methoxy groups -OCH3 is 1. The van der Waals surface area contributed by atoms with E-state index in [0.29, 0.717) is 22.6 Å². The number of benzene rings is 2. The van der Waals surface area contributed by atoms with E-state index in [4.69, 9.17) is 4.74 Å². The Labute approximate surface area is 153 Å². The molecule has 0 fully saturated rings. The maximum atomic E-state index is 13.0. The van der Waals surface area contributed by atoms with Crippen molar-refractivity contribution in [3.63, 3.8) is 0 Å². The van der Waals surface area contributed by atoms with Crippen molar-refractivity contribution < 1.29 is 14.3 Å². The standard InChI is InChI=1S/C21H22N2O3/c1-13(2)23-20(24)18(15-8-10-17(26-4)11-9-15)19(21(23)25)22-16-7-5-6-14(3)12-16/h5-13,22H,1-4H3. The normalized spacial score (nSPS) is 14.4. The maximum absolute atomic E-state index is 13.0. The molecule has 1 aliphatic heterocycles. The molecule has 5 heteroatoms. The smallest absolute Gasteiger partial charge is 0.278 e. The van der Waals surface area contributed by atoms with Crippen molar-refractivity contribution in [2.45, 2.75) is 26.8 Å². The summed E-state index contributed by atoms with van der Waals surface area (Å²) in [7, 11) is 1.59. The molecule has 0 radical (unpaired) electrons. The van der Waals surface area contributed by atoms with Gasteiger partial charge in [0.1, 0.15) is 11.4 Å². The number of aryl methyl sites for hydroxylation is 1. The van der Waals surface area contributed by atoms with Gasteiger partial charge in [-0.1, -0.05) is 24.3 Å². The van der Waals surface area contributed by atoms with Gasteiger partial charge in [-0.15, -0.1) is 0 Å². The van der Waals surface area contributed by atoms with E-state index in [1.165, 1.54) is 4.90 Å². The molecule has 5 nitrogen and oxygen atoms in total. The Hall–Kier alpha value is -3.08. The van der Waals surface area contributed by atoms with Gasteiger partial charge in [0.05, 0.1) is 12.7 Å². The molecule has 0 bridgehead atoms. The summed E-state index contributed by atoms with van der Waals surface area (Å²) in [6.45, 7) is 5.64. The van der Waals surface area contributed by atoms with Gasteiger partial charge < -0.3 is 10.1 Å². The van der Waals surface area contributed by atoms with E-state index in [2.05, 4.69) is 5.32 Å². The average Bonchev–Trinajstić information content (AvgIpc) is 2.85. The van der Waals surface area contributed by atoms with Gasteiger partial charge in [0, 0.05) is 11.7 Å². The van der Waals surface area contributed by atoms with Crippen molar-refractivity contribution in [1.82, 2.24) is 4.90 Å². The number of hydrogen-bond donors (Lipinski definition) is 1. The molecule has 0 saturated carbocycles. The molecule has 0 aliphatic carbocycles. The van der Waals surface area contributed by atoms with Gasteiger partial charge in [0.25, 0.3) is 11.8 Å². The second-order valence-electron chi connectivity index (χ2n) is 6.55. The van der Waals surface area contributed by atoms with Gasteiger partial charge in [-0.2, -0.15) is 0 Å². The van der Waals surface area contributed by atoms with Gasteiger partial charge in [0.2, 0.25) is 0 Å². The first-order chi connectivity index (χ1) is 12.4. The quantitative estimate of drug-likeness (QED) is 0.837. The lowest BCUT2D eigenvalue weighted by Crippen LogP contribution is -2.38. The minimum absolute atomic E-state index is 0.222. The number of carbonyl (C=O) groups excluding carboxylic acids is 2. The zero-order chi connectivity index (χ0) is 18.8. The first-order valence-electron chi connectivity index (χ1n) is 8.52. The van der Waals surface area contributed by atoms with E-state index in [0.717, 1.165) is 11.3 Å². The Morgan fingerprint density at radius 2 is 1.69 bits per heavy atom. The number of anilines is 1. The Kier molecular flexibility index (Phi) is 4.80. The lowest BCUT2D eigenvalue weighted by molar-refractivity contribution is -0.138. The number of nitrogens with zero attached hydrogens (tertiary/aromatic N) is 1. The highest BCUT2D eigenvalue weighted by atomic mass is 16.5. The highest BCUT2D eigenvalue weighted by Gasteiger charge is 2.40. The summed E-state index contributed by atoms with van der Waals surface area (Å²) in [4.78, 5) is 27.2. The molecule has 2 amide bonds. The van der Waals surface area contributed by atoms with Crippen molar-refractivity contribution in [3.8, 4) is 5.75 Å². The first kappa shape index (κ1) is 17.7. The van der Waals surface area contributed by atoms with E-state index < -0.39 is 0 Å². The highest BCUT2D eigenvalue weighted by Crippen LogP contribution is 2.32. The van der Waals surface area contributed by atoms with Crippen LogP contribution in [0.3, 0.4) is 0 Å². The number of hydrogen-bond acceptors (Lipinski definition) is 4. The Bertz CT molecular complexity index is 882. The lowest BCUT2D eigenvalue weighted by atomic mass is 10.0. The van der Waals surface area contributed by atoms with Crippen LogP contribution in [0.5, 0.6) is 5.75 Å². The second kappa shape index (κ2) is 7.04. The van der Waals surface area contributed by atoms with Crippen molar-refractivity contribution in [1.29, 1.82) is 0 Å². The number of ether oxygens (including phenoxy) is 1. The third-order valence-corrected chi connectivity index (χ3v) is 4.30. The van der Waals surface area contributed by atoms with Gasteiger partial charge in [-0.25, -0.2) is 0 Å². The van der Waals surface area contributed by atoms with Gasteiger partial charge in [-0.05, 0) is 56.2 Å². The van der Waals surface area contributed by atoms with Crippen molar-refractivity contribution in [3.05, 3.63) is 65.4 Å². The number of carbonyl (C=O) groups is 2. The molecule has 1 N–H and O–H groups in total. The monoisotopic (exact) mass is 350 g/mol. The summed E-state index contributed by atoms with van der Waals surface area (Å²) < 4.78 is 5.18. The van der Waals surface area contributed by atoms with Crippen LogP contribution in [0.2, 0.25) is 0 Å². The van der Waals surface area contributed by atoms with E-state index in [1.807, 2.05) is 45.0 Å². The zero-order valence-electron chi connectivity index (χ0n) is 15.4. The summed E-state index contributed by atoms with van der Waals surface area (Å²) in [5, 5.41) is 3.16. The molecule has 0 spiro atoms. The molecule has 134 valence electrons. The highest BCUT2D eigenvalue weighted by molar-refractivity contribution is 6.36. The fourth-order valence-electron chi connectivity index (χ4n) is 3.02. The third kappa shape index (κ3) is 3.20. The zero-order valence-corrected chi connectivity index (χ0v) is 15.4. The average molecular weight is 350 g/mol. The SMILES string of the molecule is COc1ccc(C2=C(Nc3cccc(C)c3)C(=O)N(C(C)C)C2=O)cc1. The fraction of sp³-hybridized carbons (Fsp3) is 0.238. The topological polar surface area (TPSA) is 58.6 Å². The minimum Gasteiger partial charge on any atom is -0.497 e. The molecule has 2 aromatic carbocycles. The van der Waals surface area contributed by atoms with E-state index in [1.54, 1.807) is 31.4 Å². The molecule has 2 aromatic rings. The van der Waals surface area contributed by atoms with Gasteiger partial charge >= 0.3 is 0 Å². The lowest BCUT2D eigenvalue weighted by Gasteiger charge is -2.19. The molecule has 0 atom stereocenters. The maximum Gasteiger partial charge on any atom is 0.278 e. The Morgan fingerprint density at radius 1 is 1.00 bits per heavy atom. The number of imide groups is 1. The number of rotatable bonds is 5. The predicted molar refractivity (Wildman–Crippen MR) is 102 cm³/mol. The van der Waals surface area contributed by atoms with Crippen LogP contribution in [-0.2, 0) is 9.59 Å². The number of nitrogens with one attached hydrogen (secondary N) is 1. The van der Waals surface area contributed by atoms with E-state index >= 15 is 0 Å². The third-order valence-electron chi connectivity index (χ3n) is 4.30. The van der Waals surface area contributed by atoms with Crippen LogP contribution < -0.4 is 10.1 Å². The van der Waals surface area contributed by atoms with Gasteiger partial charge in [0.15, 0.2) is 0 Å². The Balaban J connectivity index is 2.09. The largest absolute Gasteiger partial charge is 0.497 e. The molecule has 0 aromatic heterocycles. The summed E-state index contributed by atoms with van der Waals surface area (Å²) in [6, 6.07) is 14.6. The molecular weight excluding hydrogens is 328 g/mol. The number of amides is 2. The van der Waals surface area contributed by atoms with Crippen LogP contribution in [0.1, 0.15) is 25.0 Å². The minimum atomic E-state index is -0.308. The molecule has 26 heavy (non-hydrogen) atoms. The van der Waals surface area contributed by atoms with Crippen LogP contribution in [0, 0.1) is 6.92 Å². The first-order valence-corrected chi connectivity index (χ1v) is 8.52. The molecule has 0 unspecified atom stereocenters. The predicted octanol–water partition coefficient (Wildman–Crippen LogP) is 3.60. The van der Waals surface area contributed by atoms with Crippen molar-refractivity contribution >= 4 is 23.1 Å². The molecular formula is C21H22N2O3. The van der Waals surface area contributed by atoms with Crippen LogP contribution in [0.25, 0.3) is 5.57 Å². The van der Waals surface area contributed by atoms with E-state index in [9.17, 15) is 9.59 Å². The van der Waals surface area contributed by atoms with Gasteiger partial charge in [-0.3, -0.25) is 14.5 Å². The molecule has 0 saturated heterocycles. The summed E-state index contributed by atoms with van der Waals surface area (Å²) in [5.74, 6) is 0.0997. The van der Waals surface area contributed by atoms with Crippen LogP contribution in [0.4, 0.5) is 5.69 Å². The summed E-state index contributed by atoms with van der Waals surface area (Å²) >= 11 is 0.